The number of hydrogen-bond donors (Lipinski definition) is 0. The molecule has 0 aliphatic heterocycles. The van der Waals surface area contributed by atoms with Gasteiger partial charge in [-0.1, -0.05) is 33.6 Å². The molecule has 0 aromatic carbocycles. The minimum Gasteiger partial charge on any atom is -0.355 e. The second kappa shape index (κ2) is 13.6. The molecule has 0 rings (SSSR count). The molecule has 2 unspecified atom stereocenters. The lowest BCUT2D eigenvalue weighted by molar-refractivity contribution is -0.0558. The van der Waals surface area contributed by atoms with E-state index in [9.17, 15) is 0 Å². The van der Waals surface area contributed by atoms with E-state index in [0.717, 1.165) is 36.0 Å². The van der Waals surface area contributed by atoms with Gasteiger partial charge in [0.2, 0.25) is 0 Å². The van der Waals surface area contributed by atoms with E-state index in [1.807, 2.05) is 0 Å². The SMILES string of the molecule is CCCCOCOCCCC(C)C[CH](C)[Mg][Br]. The van der Waals surface area contributed by atoms with Crippen molar-refractivity contribution in [3.05, 3.63) is 0 Å². The molecular weight excluding hydrogens is 292 g/mol. The monoisotopic (exact) mass is 318 g/mol. The molecule has 0 heterocycles. The molecule has 0 saturated heterocycles. The predicted molar refractivity (Wildman–Crippen MR) is 78.8 cm³/mol. The largest absolute Gasteiger partial charge is 0.471 e. The Hall–Kier alpha value is 1.17. The summed E-state index contributed by atoms with van der Waals surface area (Å²) in [6.45, 7) is 9.03. The maximum Gasteiger partial charge on any atom is 0.471 e. The van der Waals surface area contributed by atoms with E-state index in [1.54, 1.807) is 0 Å². The van der Waals surface area contributed by atoms with Gasteiger partial charge in [0.1, 0.15) is 6.79 Å². The summed E-state index contributed by atoms with van der Waals surface area (Å²) in [4.78, 5) is 0. The first-order chi connectivity index (χ1) is 8.20. The van der Waals surface area contributed by atoms with Crippen LogP contribution in [0.5, 0.6) is 0 Å². The molecule has 17 heavy (non-hydrogen) atoms. The van der Waals surface area contributed by atoms with Crippen molar-refractivity contribution >= 4 is 31.1 Å². The molecule has 0 radical (unpaired) electrons. The number of unbranched alkanes of at least 4 members (excludes halogenated alkanes) is 1. The highest BCUT2D eigenvalue weighted by Crippen LogP contribution is 2.21. The number of ether oxygens (including phenoxy) is 2. The van der Waals surface area contributed by atoms with Gasteiger partial charge in [-0.3, -0.25) is 0 Å². The summed E-state index contributed by atoms with van der Waals surface area (Å²) < 4.78 is 11.7. The van der Waals surface area contributed by atoms with Crippen molar-refractivity contribution in [2.24, 2.45) is 5.92 Å². The highest BCUT2D eigenvalue weighted by atomic mass is 79.9. The molecule has 2 atom stereocenters. The van der Waals surface area contributed by atoms with Gasteiger partial charge in [-0.2, -0.15) is 0 Å². The van der Waals surface area contributed by atoms with Crippen LogP contribution in [0.4, 0.5) is 0 Å². The first kappa shape index (κ1) is 18.2. The lowest BCUT2D eigenvalue weighted by Gasteiger charge is -2.15. The lowest BCUT2D eigenvalue weighted by Crippen LogP contribution is -2.06. The summed E-state index contributed by atoms with van der Waals surface area (Å²) >= 11 is 3.68. The van der Waals surface area contributed by atoms with Gasteiger partial charge in [0.25, 0.3) is 0 Å². The van der Waals surface area contributed by atoms with E-state index in [4.69, 9.17) is 9.47 Å². The van der Waals surface area contributed by atoms with Gasteiger partial charge < -0.3 is 22.4 Å². The Bertz CT molecular complexity index is 158. The molecule has 0 saturated carbocycles. The second-order valence-corrected chi connectivity index (χ2v) is 8.68. The third-order valence-corrected chi connectivity index (χ3v) is 7.04. The predicted octanol–water partition coefficient (Wildman–Crippen LogP) is 4.41. The third kappa shape index (κ3) is 13.4. The van der Waals surface area contributed by atoms with Crippen molar-refractivity contribution in [3.8, 4) is 0 Å². The Kier molecular flexibility index (Phi) is 14.5. The van der Waals surface area contributed by atoms with Crippen LogP contribution >= 0.6 is 12.9 Å². The number of rotatable bonds is 12. The summed E-state index contributed by atoms with van der Waals surface area (Å²) in [5.74, 6) is 0.833. The zero-order chi connectivity index (χ0) is 12.9. The fraction of sp³-hybridized carbons (Fsp3) is 1.00. The summed E-state index contributed by atoms with van der Waals surface area (Å²) in [6, 6.07) is 0. The highest BCUT2D eigenvalue weighted by Gasteiger charge is 2.09. The average molecular weight is 320 g/mol. The molecule has 0 N–H and O–H groups in total. The molecule has 4 heteroatoms. The third-order valence-electron chi connectivity index (χ3n) is 2.86. The molecule has 100 valence electrons. The Balaban J connectivity index is 3.16. The van der Waals surface area contributed by atoms with Crippen molar-refractivity contribution < 1.29 is 9.47 Å². The molecule has 0 spiro atoms. The van der Waals surface area contributed by atoms with Crippen LogP contribution in [0.25, 0.3) is 0 Å². The van der Waals surface area contributed by atoms with Crippen molar-refractivity contribution in [1.82, 2.24) is 0 Å². The molecule has 2 nitrogen and oxygen atoms in total. The normalized spacial score (nSPS) is 14.4. The highest BCUT2D eigenvalue weighted by molar-refractivity contribution is 9.23. The Morgan fingerprint density at radius 3 is 2.35 bits per heavy atom. The molecule has 0 bridgehead atoms. The topological polar surface area (TPSA) is 18.5 Å². The van der Waals surface area contributed by atoms with E-state index >= 15 is 0 Å². The molecule has 0 fully saturated rings. The summed E-state index contributed by atoms with van der Waals surface area (Å²) in [6.07, 6.45) is 6.13. The van der Waals surface area contributed by atoms with Crippen LogP contribution < -0.4 is 0 Å². The summed E-state index contributed by atoms with van der Waals surface area (Å²) in [5, 5.41) is 0. The van der Waals surface area contributed by atoms with Gasteiger partial charge in [-0.25, -0.2) is 0 Å². The van der Waals surface area contributed by atoms with Crippen LogP contribution in [0.1, 0.15) is 52.9 Å². The van der Waals surface area contributed by atoms with Gasteiger partial charge in [0.05, 0.1) is 0 Å². The van der Waals surface area contributed by atoms with Crippen molar-refractivity contribution in [1.29, 1.82) is 0 Å². The van der Waals surface area contributed by atoms with E-state index in [1.165, 1.54) is 19.3 Å². The fourth-order valence-electron chi connectivity index (χ4n) is 1.82. The zero-order valence-electron chi connectivity index (χ0n) is 11.7. The Labute approximate surface area is 123 Å². The van der Waals surface area contributed by atoms with Gasteiger partial charge in [0, 0.05) is 13.2 Å². The minimum atomic E-state index is 0.0118. The van der Waals surface area contributed by atoms with Crippen molar-refractivity contribution in [3.63, 3.8) is 0 Å². The van der Waals surface area contributed by atoms with Crippen LogP contribution in [0.3, 0.4) is 0 Å². The smallest absolute Gasteiger partial charge is 0.355 e. The van der Waals surface area contributed by atoms with Gasteiger partial charge >= 0.3 is 18.2 Å². The van der Waals surface area contributed by atoms with Crippen molar-refractivity contribution in [2.75, 3.05) is 20.0 Å². The van der Waals surface area contributed by atoms with E-state index in [-0.39, 0.29) is 18.2 Å². The average Bonchev–Trinajstić information content (AvgIpc) is 2.32. The van der Waals surface area contributed by atoms with E-state index in [0.29, 0.717) is 6.79 Å². The first-order valence-corrected chi connectivity index (χ1v) is 11.6. The quantitative estimate of drug-likeness (QED) is 0.301. The lowest BCUT2D eigenvalue weighted by atomic mass is 10.0. The van der Waals surface area contributed by atoms with Crippen LogP contribution in [0.15, 0.2) is 0 Å². The van der Waals surface area contributed by atoms with Gasteiger partial charge in [-0.05, 0) is 25.2 Å². The van der Waals surface area contributed by atoms with E-state index < -0.39 is 0 Å². The zero-order valence-corrected chi connectivity index (χ0v) is 14.7. The molecule has 0 aliphatic rings. The van der Waals surface area contributed by atoms with Crippen LogP contribution in [-0.4, -0.2) is 38.2 Å². The summed E-state index contributed by atoms with van der Waals surface area (Å²) in [7, 11) is 0. The first-order valence-electron chi connectivity index (χ1n) is 6.92. The van der Waals surface area contributed by atoms with Crippen LogP contribution in [-0.2, 0) is 9.47 Å². The standard InChI is InChI=1S/C13H27O2.BrH.Mg/c1-4-6-10-14-12-15-11-7-9-13(3)8-5-2;;/h5,13H,4,6-12H2,1-3H3;1H;/q;;+1/p-1. The van der Waals surface area contributed by atoms with Gasteiger partial charge in [0.15, 0.2) is 0 Å². The summed E-state index contributed by atoms with van der Waals surface area (Å²) in [5.41, 5.74) is 0. The van der Waals surface area contributed by atoms with Crippen LogP contribution in [0, 0.1) is 5.92 Å². The minimum absolute atomic E-state index is 0.0118. The molecule has 0 aliphatic carbocycles. The Morgan fingerprint density at radius 2 is 1.76 bits per heavy atom. The molecule has 0 aromatic rings. The van der Waals surface area contributed by atoms with Crippen LogP contribution in [0.2, 0.25) is 4.05 Å². The Morgan fingerprint density at radius 1 is 1.12 bits per heavy atom. The maximum absolute atomic E-state index is 5.44. The fourth-order valence-corrected chi connectivity index (χ4v) is 3.31. The molecule has 0 aromatic heterocycles. The molecular formula is C13H27BrMgO2. The maximum atomic E-state index is 5.44. The van der Waals surface area contributed by atoms with Crippen molar-refractivity contribution in [2.45, 2.75) is 56.9 Å². The number of hydrogen-bond acceptors (Lipinski definition) is 2. The van der Waals surface area contributed by atoms with Gasteiger partial charge in [-0.15, -0.1) is 4.05 Å². The second-order valence-electron chi connectivity index (χ2n) is 5.03. The van der Waals surface area contributed by atoms with E-state index in [2.05, 4.69) is 33.7 Å². The molecule has 0 amide bonds. The number of halogens is 1.